The molecular weight excluding hydrogens is 310 g/mol. The number of methoxy groups -OCH3 is 1. The summed E-state index contributed by atoms with van der Waals surface area (Å²) < 4.78 is 5.76. The number of nitrogens with zero attached hydrogens (tertiary/aromatic N) is 1. The van der Waals surface area contributed by atoms with Crippen molar-refractivity contribution >= 4 is 27.8 Å². The molecule has 19 heavy (non-hydrogen) atoms. The predicted molar refractivity (Wildman–Crippen MR) is 74.4 cm³/mol. The Kier molecular flexibility index (Phi) is 4.24. The van der Waals surface area contributed by atoms with Gasteiger partial charge in [0.05, 0.1) is 13.2 Å². The van der Waals surface area contributed by atoms with Gasteiger partial charge < -0.3 is 9.64 Å². The lowest BCUT2D eigenvalue weighted by Crippen LogP contribution is -2.40. The molecule has 4 nitrogen and oxygen atoms in total. The number of amides is 1. The Morgan fingerprint density at radius 1 is 1.42 bits per heavy atom. The summed E-state index contributed by atoms with van der Waals surface area (Å²) in [4.78, 5) is 25.4. The second-order valence-electron chi connectivity index (χ2n) is 4.61. The SMILES string of the molecule is COC(=O)C1CCC(=O)N1C(C)c1ccc(Br)cc1. The minimum Gasteiger partial charge on any atom is -0.467 e. The third kappa shape index (κ3) is 2.81. The Morgan fingerprint density at radius 3 is 2.63 bits per heavy atom. The van der Waals surface area contributed by atoms with Crippen molar-refractivity contribution in [3.05, 3.63) is 34.3 Å². The van der Waals surface area contributed by atoms with E-state index in [1.54, 1.807) is 4.90 Å². The van der Waals surface area contributed by atoms with Crippen LogP contribution in [-0.2, 0) is 14.3 Å². The molecule has 102 valence electrons. The van der Waals surface area contributed by atoms with Gasteiger partial charge in [0.1, 0.15) is 6.04 Å². The molecule has 1 amide bonds. The van der Waals surface area contributed by atoms with Gasteiger partial charge in [-0.2, -0.15) is 0 Å². The van der Waals surface area contributed by atoms with Gasteiger partial charge in [-0.25, -0.2) is 4.79 Å². The van der Waals surface area contributed by atoms with Crippen LogP contribution < -0.4 is 0 Å². The first-order valence-electron chi connectivity index (χ1n) is 6.19. The molecule has 0 N–H and O–H groups in total. The smallest absolute Gasteiger partial charge is 0.328 e. The lowest BCUT2D eigenvalue weighted by molar-refractivity contribution is -0.150. The second-order valence-corrected chi connectivity index (χ2v) is 5.52. The number of carbonyl (C=O) groups is 2. The minimum absolute atomic E-state index is 0.00539. The number of benzene rings is 1. The highest BCUT2D eigenvalue weighted by molar-refractivity contribution is 9.10. The second kappa shape index (κ2) is 5.74. The Morgan fingerprint density at radius 2 is 2.05 bits per heavy atom. The Labute approximate surface area is 120 Å². The number of hydrogen-bond donors (Lipinski definition) is 0. The van der Waals surface area contributed by atoms with Gasteiger partial charge >= 0.3 is 5.97 Å². The molecule has 1 aromatic rings. The van der Waals surface area contributed by atoms with Crippen LogP contribution >= 0.6 is 15.9 Å². The zero-order valence-corrected chi connectivity index (χ0v) is 12.5. The third-order valence-corrected chi connectivity index (χ3v) is 4.03. The first-order chi connectivity index (χ1) is 9.04. The molecule has 1 saturated heterocycles. The molecule has 0 radical (unpaired) electrons. The van der Waals surface area contributed by atoms with E-state index < -0.39 is 6.04 Å². The fourth-order valence-electron chi connectivity index (χ4n) is 2.46. The largest absolute Gasteiger partial charge is 0.467 e. The Bertz CT molecular complexity index is 486. The van der Waals surface area contributed by atoms with E-state index in [1.165, 1.54) is 7.11 Å². The van der Waals surface area contributed by atoms with Crippen LogP contribution in [0.2, 0.25) is 0 Å². The highest BCUT2D eigenvalue weighted by Gasteiger charge is 2.39. The zero-order chi connectivity index (χ0) is 14.0. The van der Waals surface area contributed by atoms with Gasteiger partial charge in [-0.1, -0.05) is 28.1 Å². The summed E-state index contributed by atoms with van der Waals surface area (Å²) in [5, 5.41) is 0. The van der Waals surface area contributed by atoms with Gasteiger partial charge in [-0.15, -0.1) is 0 Å². The summed E-state index contributed by atoms with van der Waals surface area (Å²) in [6.07, 6.45) is 0.938. The lowest BCUT2D eigenvalue weighted by atomic mass is 10.1. The van der Waals surface area contributed by atoms with Gasteiger partial charge in [-0.05, 0) is 31.0 Å². The first kappa shape index (κ1) is 14.1. The average Bonchev–Trinajstić information content (AvgIpc) is 2.80. The Hall–Kier alpha value is -1.36. The molecule has 1 heterocycles. The van der Waals surface area contributed by atoms with Crippen molar-refractivity contribution in [1.82, 2.24) is 4.90 Å². The number of ether oxygens (including phenoxy) is 1. The molecule has 0 aliphatic carbocycles. The molecule has 0 bridgehead atoms. The van der Waals surface area contributed by atoms with E-state index in [9.17, 15) is 9.59 Å². The van der Waals surface area contributed by atoms with Gasteiger partial charge in [0, 0.05) is 10.9 Å². The molecule has 5 heteroatoms. The number of hydrogen-bond acceptors (Lipinski definition) is 3. The number of likely N-dealkylation sites (tertiary alicyclic amines) is 1. The molecule has 1 aliphatic heterocycles. The van der Waals surface area contributed by atoms with Crippen LogP contribution in [0.4, 0.5) is 0 Å². The van der Waals surface area contributed by atoms with E-state index in [4.69, 9.17) is 4.74 Å². The highest BCUT2D eigenvalue weighted by atomic mass is 79.9. The van der Waals surface area contributed by atoms with Crippen LogP contribution in [0.3, 0.4) is 0 Å². The molecule has 0 spiro atoms. The van der Waals surface area contributed by atoms with Gasteiger partial charge in [0.15, 0.2) is 0 Å². The normalized spacial score (nSPS) is 20.5. The maximum absolute atomic E-state index is 12.0. The molecule has 1 aliphatic rings. The van der Waals surface area contributed by atoms with Crippen molar-refractivity contribution in [1.29, 1.82) is 0 Å². The maximum Gasteiger partial charge on any atom is 0.328 e. The van der Waals surface area contributed by atoms with Gasteiger partial charge in [-0.3, -0.25) is 4.79 Å². The van der Waals surface area contributed by atoms with Gasteiger partial charge in [0.25, 0.3) is 0 Å². The van der Waals surface area contributed by atoms with E-state index in [0.29, 0.717) is 12.8 Å². The van der Waals surface area contributed by atoms with Crippen molar-refractivity contribution in [2.24, 2.45) is 0 Å². The molecule has 0 aromatic heterocycles. The summed E-state index contributed by atoms with van der Waals surface area (Å²) in [6.45, 7) is 1.93. The van der Waals surface area contributed by atoms with Crippen LogP contribution in [0, 0.1) is 0 Å². The third-order valence-electron chi connectivity index (χ3n) is 3.50. The Balaban J connectivity index is 2.24. The van der Waals surface area contributed by atoms with E-state index >= 15 is 0 Å². The van der Waals surface area contributed by atoms with Gasteiger partial charge in [0.2, 0.25) is 5.91 Å². The molecular formula is C14H16BrNO3. The van der Waals surface area contributed by atoms with E-state index in [2.05, 4.69) is 15.9 Å². The van der Waals surface area contributed by atoms with E-state index in [0.717, 1.165) is 10.0 Å². The van der Waals surface area contributed by atoms with Crippen molar-refractivity contribution in [3.8, 4) is 0 Å². The molecule has 0 saturated carbocycles. The topological polar surface area (TPSA) is 46.6 Å². The first-order valence-corrected chi connectivity index (χ1v) is 6.98. The molecule has 2 atom stereocenters. The van der Waals surface area contributed by atoms with Crippen LogP contribution in [0.5, 0.6) is 0 Å². The predicted octanol–water partition coefficient (Wildman–Crippen LogP) is 2.67. The summed E-state index contributed by atoms with van der Waals surface area (Å²) in [5.74, 6) is -0.333. The quantitative estimate of drug-likeness (QED) is 0.803. The summed E-state index contributed by atoms with van der Waals surface area (Å²) in [6, 6.07) is 7.17. The molecule has 1 aromatic carbocycles. The average molecular weight is 326 g/mol. The number of rotatable bonds is 3. The van der Waals surface area contributed by atoms with Crippen LogP contribution in [0.15, 0.2) is 28.7 Å². The van der Waals surface area contributed by atoms with Crippen LogP contribution in [0.1, 0.15) is 31.4 Å². The monoisotopic (exact) mass is 325 g/mol. The van der Waals surface area contributed by atoms with E-state index in [-0.39, 0.29) is 17.9 Å². The molecule has 1 fully saturated rings. The standard InChI is InChI=1S/C14H16BrNO3/c1-9(10-3-5-11(15)6-4-10)16-12(14(18)19-2)7-8-13(16)17/h3-6,9,12H,7-8H2,1-2H3. The van der Waals surface area contributed by atoms with Crippen molar-refractivity contribution in [3.63, 3.8) is 0 Å². The lowest BCUT2D eigenvalue weighted by Gasteiger charge is -2.29. The zero-order valence-electron chi connectivity index (χ0n) is 10.9. The molecule has 2 unspecified atom stereocenters. The highest BCUT2D eigenvalue weighted by Crippen LogP contribution is 2.31. The molecule has 2 rings (SSSR count). The fourth-order valence-corrected chi connectivity index (χ4v) is 2.72. The summed E-state index contributed by atoms with van der Waals surface area (Å²) in [7, 11) is 1.35. The summed E-state index contributed by atoms with van der Waals surface area (Å²) in [5.41, 5.74) is 1.01. The van der Waals surface area contributed by atoms with E-state index in [1.807, 2.05) is 31.2 Å². The fraction of sp³-hybridized carbons (Fsp3) is 0.429. The van der Waals surface area contributed by atoms with Crippen molar-refractivity contribution in [2.45, 2.75) is 31.8 Å². The van der Waals surface area contributed by atoms with Crippen LogP contribution in [-0.4, -0.2) is 29.9 Å². The maximum atomic E-state index is 12.0. The number of carbonyl (C=O) groups excluding carboxylic acids is 2. The van der Waals surface area contributed by atoms with Crippen LogP contribution in [0.25, 0.3) is 0 Å². The number of esters is 1. The summed E-state index contributed by atoms with van der Waals surface area (Å²) >= 11 is 3.38. The minimum atomic E-state index is -0.462. The van der Waals surface area contributed by atoms with Crippen molar-refractivity contribution in [2.75, 3.05) is 7.11 Å². The van der Waals surface area contributed by atoms with Crippen molar-refractivity contribution < 1.29 is 14.3 Å². The number of halogens is 1.